The zero-order valence-electron chi connectivity index (χ0n) is 7.01. The number of carboxylic acids is 2. The highest BCUT2D eigenvalue weighted by Gasteiger charge is 2.21. The van der Waals surface area contributed by atoms with Crippen molar-refractivity contribution in [2.24, 2.45) is 0 Å². The molecule has 76 valence electrons. The molecule has 1 heterocycles. The van der Waals surface area contributed by atoms with Gasteiger partial charge in [0.25, 0.3) is 0 Å². The summed E-state index contributed by atoms with van der Waals surface area (Å²) < 4.78 is 0. The van der Waals surface area contributed by atoms with E-state index in [0.29, 0.717) is 5.13 Å². The quantitative estimate of drug-likeness (QED) is 0.662. The Morgan fingerprint density at radius 1 is 1.57 bits per heavy atom. The Bertz CT molecular complexity index is 324. The summed E-state index contributed by atoms with van der Waals surface area (Å²) in [5.41, 5.74) is 0. The van der Waals surface area contributed by atoms with Crippen LogP contribution in [0.5, 0.6) is 0 Å². The number of anilines is 1. The van der Waals surface area contributed by atoms with Crippen molar-refractivity contribution in [3.63, 3.8) is 0 Å². The minimum absolute atomic E-state index is 0.402. The smallest absolute Gasteiger partial charge is 0.326 e. The van der Waals surface area contributed by atoms with Crippen LogP contribution in [0.3, 0.4) is 0 Å². The Morgan fingerprint density at radius 3 is 2.71 bits per heavy atom. The molecule has 0 aliphatic rings. The number of rotatable bonds is 5. The van der Waals surface area contributed by atoms with Crippen LogP contribution in [0, 0.1) is 0 Å². The Balaban J connectivity index is 2.60. The SMILES string of the molecule is O=C(O)CC(Nc1nccs1)C(=O)O. The zero-order valence-corrected chi connectivity index (χ0v) is 7.82. The molecule has 0 fully saturated rings. The molecule has 3 N–H and O–H groups in total. The monoisotopic (exact) mass is 216 g/mol. The van der Waals surface area contributed by atoms with Crippen molar-refractivity contribution in [2.45, 2.75) is 12.5 Å². The fraction of sp³-hybridized carbons (Fsp3) is 0.286. The molecule has 1 aromatic heterocycles. The van der Waals surface area contributed by atoms with Gasteiger partial charge in [0.15, 0.2) is 5.13 Å². The minimum atomic E-state index is -1.21. The van der Waals surface area contributed by atoms with Crippen molar-refractivity contribution in [3.05, 3.63) is 11.6 Å². The first-order valence-electron chi connectivity index (χ1n) is 3.70. The first-order valence-corrected chi connectivity index (χ1v) is 4.58. The molecule has 1 unspecified atom stereocenters. The Labute approximate surface area is 83.2 Å². The summed E-state index contributed by atoms with van der Waals surface area (Å²) in [4.78, 5) is 24.7. The van der Waals surface area contributed by atoms with E-state index in [1.807, 2.05) is 0 Å². The third-order valence-electron chi connectivity index (χ3n) is 1.41. The normalized spacial score (nSPS) is 12.0. The molecular formula is C7H8N2O4S. The van der Waals surface area contributed by atoms with E-state index in [0.717, 1.165) is 0 Å². The van der Waals surface area contributed by atoms with Crippen LogP contribution in [0.15, 0.2) is 11.6 Å². The van der Waals surface area contributed by atoms with Crippen LogP contribution < -0.4 is 5.32 Å². The number of nitrogens with zero attached hydrogens (tertiary/aromatic N) is 1. The molecule has 7 heteroatoms. The number of hydrogen-bond donors (Lipinski definition) is 3. The molecule has 14 heavy (non-hydrogen) atoms. The maximum atomic E-state index is 10.6. The van der Waals surface area contributed by atoms with Crippen LogP contribution in [-0.4, -0.2) is 33.2 Å². The number of aliphatic carboxylic acids is 2. The van der Waals surface area contributed by atoms with Gasteiger partial charge in [0.2, 0.25) is 0 Å². The van der Waals surface area contributed by atoms with E-state index in [1.54, 1.807) is 5.38 Å². The molecule has 1 aromatic rings. The van der Waals surface area contributed by atoms with Crippen LogP contribution >= 0.6 is 11.3 Å². The van der Waals surface area contributed by atoms with Crippen LogP contribution in [0.1, 0.15) is 6.42 Å². The van der Waals surface area contributed by atoms with E-state index in [2.05, 4.69) is 10.3 Å². The number of hydrogen-bond acceptors (Lipinski definition) is 5. The summed E-state index contributed by atoms with van der Waals surface area (Å²) in [6.07, 6.45) is 1.03. The molecular weight excluding hydrogens is 208 g/mol. The van der Waals surface area contributed by atoms with Crippen LogP contribution in [0.25, 0.3) is 0 Å². The predicted octanol–water partition coefficient (Wildman–Crippen LogP) is 0.483. The summed E-state index contributed by atoms with van der Waals surface area (Å²) in [6, 6.07) is -1.14. The first-order chi connectivity index (χ1) is 6.59. The second-order valence-electron chi connectivity index (χ2n) is 2.47. The van der Waals surface area contributed by atoms with Crippen molar-refractivity contribution in [3.8, 4) is 0 Å². The lowest BCUT2D eigenvalue weighted by atomic mass is 10.2. The number of carboxylic acid groups (broad SMARTS) is 2. The lowest BCUT2D eigenvalue weighted by Crippen LogP contribution is -2.31. The zero-order chi connectivity index (χ0) is 10.6. The first kappa shape index (κ1) is 10.5. The van der Waals surface area contributed by atoms with E-state index in [-0.39, 0.29) is 0 Å². The van der Waals surface area contributed by atoms with Gasteiger partial charge < -0.3 is 15.5 Å². The second-order valence-corrected chi connectivity index (χ2v) is 3.36. The van der Waals surface area contributed by atoms with Gasteiger partial charge in [0, 0.05) is 11.6 Å². The van der Waals surface area contributed by atoms with Gasteiger partial charge in [0.05, 0.1) is 6.42 Å². The van der Waals surface area contributed by atoms with E-state index < -0.39 is 24.4 Å². The minimum Gasteiger partial charge on any atom is -0.481 e. The molecule has 0 aromatic carbocycles. The van der Waals surface area contributed by atoms with Crippen molar-refractivity contribution in [2.75, 3.05) is 5.32 Å². The van der Waals surface area contributed by atoms with Gasteiger partial charge in [-0.15, -0.1) is 11.3 Å². The van der Waals surface area contributed by atoms with Crippen LogP contribution in [-0.2, 0) is 9.59 Å². The van der Waals surface area contributed by atoms with Crippen molar-refractivity contribution in [1.29, 1.82) is 0 Å². The second kappa shape index (κ2) is 4.56. The van der Waals surface area contributed by atoms with Gasteiger partial charge in [0.1, 0.15) is 6.04 Å². The summed E-state index contributed by atoms with van der Waals surface area (Å²) >= 11 is 1.22. The fourth-order valence-electron chi connectivity index (χ4n) is 0.818. The van der Waals surface area contributed by atoms with Crippen LogP contribution in [0.4, 0.5) is 5.13 Å². The average Bonchev–Trinajstić information content (AvgIpc) is 2.54. The maximum absolute atomic E-state index is 10.6. The molecule has 0 saturated heterocycles. The molecule has 0 aliphatic heterocycles. The van der Waals surface area contributed by atoms with Gasteiger partial charge in [-0.3, -0.25) is 4.79 Å². The summed E-state index contributed by atoms with van der Waals surface area (Å²) in [5.74, 6) is -2.37. The molecule has 0 bridgehead atoms. The Morgan fingerprint density at radius 2 is 2.29 bits per heavy atom. The van der Waals surface area contributed by atoms with Gasteiger partial charge in [-0.25, -0.2) is 9.78 Å². The summed E-state index contributed by atoms with van der Waals surface area (Å²) in [6.45, 7) is 0. The lowest BCUT2D eigenvalue weighted by molar-refractivity contribution is -0.144. The van der Waals surface area contributed by atoms with Gasteiger partial charge in [-0.05, 0) is 0 Å². The van der Waals surface area contributed by atoms with Gasteiger partial charge in [-0.1, -0.05) is 0 Å². The van der Waals surface area contributed by atoms with Crippen molar-refractivity contribution in [1.82, 2.24) is 4.98 Å². The molecule has 0 amide bonds. The third-order valence-corrected chi connectivity index (χ3v) is 2.11. The van der Waals surface area contributed by atoms with Gasteiger partial charge in [-0.2, -0.15) is 0 Å². The molecule has 0 aliphatic carbocycles. The number of thiazole rings is 1. The number of carbonyl (C=O) groups is 2. The predicted molar refractivity (Wildman–Crippen MR) is 49.4 cm³/mol. The average molecular weight is 216 g/mol. The van der Waals surface area contributed by atoms with E-state index in [4.69, 9.17) is 10.2 Å². The van der Waals surface area contributed by atoms with E-state index >= 15 is 0 Å². The molecule has 6 nitrogen and oxygen atoms in total. The van der Waals surface area contributed by atoms with Gasteiger partial charge >= 0.3 is 11.9 Å². The molecule has 0 saturated carbocycles. The highest BCUT2D eigenvalue weighted by molar-refractivity contribution is 7.13. The Kier molecular flexibility index (Phi) is 3.41. The van der Waals surface area contributed by atoms with E-state index in [1.165, 1.54) is 17.5 Å². The van der Waals surface area contributed by atoms with E-state index in [9.17, 15) is 9.59 Å². The molecule has 1 rings (SSSR count). The molecule has 1 atom stereocenters. The highest BCUT2D eigenvalue weighted by atomic mass is 32.1. The van der Waals surface area contributed by atoms with Crippen molar-refractivity contribution < 1.29 is 19.8 Å². The summed E-state index contributed by atoms with van der Waals surface area (Å²) in [7, 11) is 0. The Hall–Kier alpha value is -1.63. The lowest BCUT2D eigenvalue weighted by Gasteiger charge is -2.10. The number of aromatic nitrogens is 1. The molecule has 0 spiro atoms. The maximum Gasteiger partial charge on any atom is 0.326 e. The highest BCUT2D eigenvalue weighted by Crippen LogP contribution is 2.13. The van der Waals surface area contributed by atoms with Crippen LogP contribution in [0.2, 0.25) is 0 Å². The topological polar surface area (TPSA) is 99.5 Å². The largest absolute Gasteiger partial charge is 0.481 e. The van der Waals surface area contributed by atoms with Crippen molar-refractivity contribution >= 4 is 28.4 Å². The fourth-order valence-corrected chi connectivity index (χ4v) is 1.40. The number of nitrogens with one attached hydrogen (secondary N) is 1. The summed E-state index contributed by atoms with van der Waals surface area (Å²) in [5, 5.41) is 21.7. The molecule has 0 radical (unpaired) electrons. The standard InChI is InChI=1S/C7H8N2O4S/c10-5(11)3-4(6(12)13)9-7-8-1-2-14-7/h1-2,4H,3H2,(H,8,9)(H,10,11)(H,12,13). The third kappa shape index (κ3) is 3.02.